The molecule has 2 rings (SSSR count). The van der Waals surface area contributed by atoms with Gasteiger partial charge in [-0.05, 0) is 19.1 Å². The van der Waals surface area contributed by atoms with Gasteiger partial charge in [0.25, 0.3) is 0 Å². The number of carbonyl (C=O) groups excluding carboxylic acids is 4. The quantitative estimate of drug-likeness (QED) is 0.212. The summed E-state index contributed by atoms with van der Waals surface area (Å²) < 4.78 is 58.4. The molecule has 192 valence electrons. The first kappa shape index (κ1) is 27.8. The summed E-state index contributed by atoms with van der Waals surface area (Å²) in [5.41, 5.74) is 0.299. The first-order valence-electron chi connectivity index (χ1n) is 10.1. The van der Waals surface area contributed by atoms with Crippen LogP contribution in [0.15, 0.2) is 36.4 Å². The third-order valence-electron chi connectivity index (χ3n) is 4.49. The Morgan fingerprint density at radius 1 is 0.917 bits per heavy atom. The maximum absolute atomic E-state index is 13.7. The Balaban J connectivity index is 2.01. The highest BCUT2D eigenvalue weighted by Crippen LogP contribution is 2.26. The molecule has 0 aliphatic heterocycles. The van der Waals surface area contributed by atoms with Crippen molar-refractivity contribution in [2.24, 2.45) is 0 Å². The van der Waals surface area contributed by atoms with Gasteiger partial charge in [-0.1, -0.05) is 18.2 Å². The van der Waals surface area contributed by atoms with Crippen molar-refractivity contribution >= 4 is 35.2 Å². The minimum absolute atomic E-state index is 0.0808. The number of amides is 3. The van der Waals surface area contributed by atoms with E-state index in [0.717, 1.165) is 6.92 Å². The van der Waals surface area contributed by atoms with Crippen molar-refractivity contribution in [2.75, 3.05) is 11.9 Å². The van der Waals surface area contributed by atoms with Crippen LogP contribution in [0.5, 0.6) is 5.75 Å². The van der Waals surface area contributed by atoms with Gasteiger partial charge in [-0.2, -0.15) is 8.78 Å². The lowest BCUT2D eigenvalue weighted by atomic mass is 10.1. The number of carbonyl (C=O) groups is 5. The second kappa shape index (κ2) is 12.3. The van der Waals surface area contributed by atoms with Crippen LogP contribution in [-0.4, -0.2) is 53.3 Å². The highest BCUT2D eigenvalue weighted by Gasteiger charge is 2.29. The van der Waals surface area contributed by atoms with Gasteiger partial charge in [0.2, 0.25) is 17.5 Å². The number of hydrogen-bond acceptors (Lipinski definition) is 6. The van der Waals surface area contributed by atoms with Crippen molar-refractivity contribution in [3.8, 4) is 5.75 Å². The predicted octanol–water partition coefficient (Wildman–Crippen LogP) is 1.29. The summed E-state index contributed by atoms with van der Waals surface area (Å²) in [7, 11) is 0. The van der Waals surface area contributed by atoms with E-state index in [-0.39, 0.29) is 6.07 Å². The summed E-state index contributed by atoms with van der Waals surface area (Å²) in [5.74, 6) is -15.2. The zero-order chi connectivity index (χ0) is 27.0. The third kappa shape index (κ3) is 7.51. The number of anilines is 1. The number of aliphatic carboxylic acids is 1. The summed E-state index contributed by atoms with van der Waals surface area (Å²) in [6, 6.07) is 4.53. The minimum Gasteiger partial charge on any atom is -0.481 e. The molecule has 2 aromatic carbocycles. The number of ether oxygens (including phenoxy) is 1. The predicted molar refractivity (Wildman–Crippen MR) is 114 cm³/mol. The molecule has 0 radical (unpaired) electrons. The van der Waals surface area contributed by atoms with Crippen molar-refractivity contribution < 1.29 is 51.4 Å². The molecular weight excluding hydrogens is 494 g/mol. The molecule has 2 aromatic rings. The number of benzene rings is 2. The molecule has 10 nitrogen and oxygen atoms in total. The van der Waals surface area contributed by atoms with E-state index in [9.17, 15) is 41.5 Å². The zero-order valence-corrected chi connectivity index (χ0v) is 18.4. The molecule has 0 saturated heterocycles. The summed E-state index contributed by atoms with van der Waals surface area (Å²) >= 11 is 0. The first-order valence-corrected chi connectivity index (χ1v) is 10.1. The second-order valence-corrected chi connectivity index (χ2v) is 7.23. The van der Waals surface area contributed by atoms with E-state index in [4.69, 9.17) is 5.11 Å². The lowest BCUT2D eigenvalue weighted by Gasteiger charge is -2.20. The Labute approximate surface area is 200 Å². The average molecular weight is 513 g/mol. The summed E-state index contributed by atoms with van der Waals surface area (Å²) in [5, 5.41) is 15.3. The lowest BCUT2D eigenvalue weighted by molar-refractivity contribution is -0.141. The standard InChI is InChI=1S/C22H19F4N3O7/c1-10(27-21(34)22(35)28-11-5-3-2-4-6-11)20(33)29-14(8-16(31)32)15(30)9-36-19-17(25)12(23)7-13(24)18(19)26/h2-7,10,14H,8-9H2,1H3,(H,27,34)(H,28,35)(H,29,33)(H,31,32)/t10-,14-/m0/s1. The molecule has 14 heteroatoms. The average Bonchev–Trinajstić information content (AvgIpc) is 2.82. The Kier molecular flexibility index (Phi) is 9.47. The van der Waals surface area contributed by atoms with Gasteiger partial charge in [0.1, 0.15) is 18.7 Å². The van der Waals surface area contributed by atoms with E-state index in [1.807, 2.05) is 10.6 Å². The van der Waals surface area contributed by atoms with Gasteiger partial charge in [-0.15, -0.1) is 0 Å². The van der Waals surface area contributed by atoms with Gasteiger partial charge >= 0.3 is 17.8 Å². The molecule has 0 aliphatic carbocycles. The molecule has 0 bridgehead atoms. The molecule has 2 atom stereocenters. The third-order valence-corrected chi connectivity index (χ3v) is 4.49. The number of ketones is 1. The Morgan fingerprint density at radius 2 is 1.50 bits per heavy atom. The molecule has 36 heavy (non-hydrogen) atoms. The Morgan fingerprint density at radius 3 is 2.06 bits per heavy atom. The molecule has 0 aromatic heterocycles. The van der Waals surface area contributed by atoms with Crippen LogP contribution in [0, 0.1) is 23.3 Å². The number of rotatable bonds is 10. The van der Waals surface area contributed by atoms with Crippen LogP contribution in [0.1, 0.15) is 13.3 Å². The van der Waals surface area contributed by atoms with E-state index in [0.29, 0.717) is 5.69 Å². The summed E-state index contributed by atoms with van der Waals surface area (Å²) in [6.45, 7) is -0.142. The fraction of sp³-hybridized carbons (Fsp3) is 0.227. The van der Waals surface area contributed by atoms with Crippen molar-refractivity contribution in [2.45, 2.75) is 25.4 Å². The maximum atomic E-state index is 13.7. The lowest BCUT2D eigenvalue weighted by Crippen LogP contribution is -2.53. The summed E-state index contributed by atoms with van der Waals surface area (Å²) in [6.07, 6.45) is -1.01. The second-order valence-electron chi connectivity index (χ2n) is 7.23. The van der Waals surface area contributed by atoms with Crippen LogP contribution in [0.3, 0.4) is 0 Å². The molecule has 0 saturated carbocycles. The number of halogens is 4. The van der Waals surface area contributed by atoms with Gasteiger partial charge in [-0.3, -0.25) is 24.0 Å². The minimum atomic E-state index is -1.93. The SMILES string of the molecule is C[C@H](NC(=O)C(=O)Nc1ccccc1)C(=O)N[C@@H](CC(=O)O)C(=O)COc1c(F)c(F)cc(F)c1F. The van der Waals surface area contributed by atoms with E-state index in [1.165, 1.54) is 12.1 Å². The summed E-state index contributed by atoms with van der Waals surface area (Å²) in [4.78, 5) is 59.8. The topological polar surface area (TPSA) is 151 Å². The maximum Gasteiger partial charge on any atom is 0.313 e. The number of carboxylic acid groups (broad SMARTS) is 1. The number of carboxylic acids is 1. The smallest absolute Gasteiger partial charge is 0.313 e. The number of nitrogens with one attached hydrogen (secondary N) is 3. The first-order chi connectivity index (χ1) is 16.9. The van der Waals surface area contributed by atoms with Gasteiger partial charge in [-0.25, -0.2) is 8.78 Å². The van der Waals surface area contributed by atoms with Crippen molar-refractivity contribution in [1.82, 2.24) is 10.6 Å². The monoisotopic (exact) mass is 513 g/mol. The van der Waals surface area contributed by atoms with Crippen LogP contribution in [0.25, 0.3) is 0 Å². The Bertz CT molecular complexity index is 1150. The normalized spacial score (nSPS) is 12.1. The van der Waals surface area contributed by atoms with Crippen molar-refractivity contribution in [3.05, 3.63) is 59.7 Å². The van der Waals surface area contributed by atoms with E-state index in [2.05, 4.69) is 10.1 Å². The number of Topliss-reactive ketones (excluding diaryl/α,β-unsaturated/α-hetero) is 1. The van der Waals surface area contributed by atoms with Crippen molar-refractivity contribution in [1.29, 1.82) is 0 Å². The highest BCUT2D eigenvalue weighted by molar-refractivity contribution is 6.40. The van der Waals surface area contributed by atoms with E-state index < -0.39 is 83.6 Å². The zero-order valence-electron chi connectivity index (χ0n) is 18.4. The molecule has 0 spiro atoms. The van der Waals surface area contributed by atoms with Crippen LogP contribution in [-0.2, 0) is 24.0 Å². The van der Waals surface area contributed by atoms with Gasteiger partial charge in [0, 0.05) is 11.8 Å². The molecular formula is C22H19F4N3O7. The van der Waals surface area contributed by atoms with Crippen LogP contribution in [0.4, 0.5) is 23.2 Å². The Hall–Kier alpha value is -4.49. The molecule has 0 unspecified atom stereocenters. The van der Waals surface area contributed by atoms with Crippen LogP contribution < -0.4 is 20.7 Å². The molecule has 4 N–H and O–H groups in total. The van der Waals surface area contributed by atoms with Gasteiger partial charge in [0.15, 0.2) is 23.2 Å². The molecule has 3 amide bonds. The van der Waals surface area contributed by atoms with Crippen LogP contribution >= 0.6 is 0 Å². The van der Waals surface area contributed by atoms with Crippen LogP contribution in [0.2, 0.25) is 0 Å². The highest BCUT2D eigenvalue weighted by atomic mass is 19.2. The van der Waals surface area contributed by atoms with Crippen molar-refractivity contribution in [3.63, 3.8) is 0 Å². The molecule has 0 heterocycles. The number of para-hydroxylation sites is 1. The fourth-order valence-electron chi connectivity index (χ4n) is 2.68. The largest absolute Gasteiger partial charge is 0.481 e. The van der Waals surface area contributed by atoms with E-state index >= 15 is 0 Å². The molecule has 0 aliphatic rings. The van der Waals surface area contributed by atoms with E-state index in [1.54, 1.807) is 18.2 Å². The van der Waals surface area contributed by atoms with Gasteiger partial charge in [0.05, 0.1) is 6.42 Å². The fourth-order valence-corrected chi connectivity index (χ4v) is 2.68. The number of hydrogen-bond donors (Lipinski definition) is 4. The van der Waals surface area contributed by atoms with Gasteiger partial charge < -0.3 is 25.8 Å². The molecule has 0 fully saturated rings.